The van der Waals surface area contributed by atoms with Gasteiger partial charge in [0.2, 0.25) is 0 Å². The molecule has 0 amide bonds. The number of aromatic nitrogens is 2. The Kier molecular flexibility index (Phi) is 8.58. The molecule has 0 radical (unpaired) electrons. The van der Waals surface area contributed by atoms with Crippen LogP contribution in [0.2, 0.25) is 5.02 Å². The Bertz CT molecular complexity index is 1180. The summed E-state index contributed by atoms with van der Waals surface area (Å²) in [6.07, 6.45) is 7.24. The molecule has 5 nitrogen and oxygen atoms in total. The number of nitrogens with one attached hydrogen (secondary N) is 1. The van der Waals surface area contributed by atoms with Gasteiger partial charge in [-0.1, -0.05) is 24.6 Å². The molecular weight excluding hydrogens is 463 g/mol. The lowest BCUT2D eigenvalue weighted by Gasteiger charge is -2.26. The van der Waals surface area contributed by atoms with E-state index in [4.69, 9.17) is 21.3 Å². The summed E-state index contributed by atoms with van der Waals surface area (Å²) in [5.41, 5.74) is 3.91. The highest BCUT2D eigenvalue weighted by molar-refractivity contribution is 6.31. The van der Waals surface area contributed by atoms with Crippen LogP contribution in [0.3, 0.4) is 0 Å². The number of pyridine rings is 2. The van der Waals surface area contributed by atoms with Crippen molar-refractivity contribution in [2.75, 3.05) is 26.2 Å². The van der Waals surface area contributed by atoms with Crippen LogP contribution in [-0.2, 0) is 6.42 Å². The number of likely N-dealkylation sites (tertiary alicyclic amines) is 1. The average molecular weight is 497 g/mol. The average Bonchev–Trinajstić information content (AvgIpc) is 2.83. The summed E-state index contributed by atoms with van der Waals surface area (Å²) in [5.74, 6) is 0.282. The lowest BCUT2D eigenvalue weighted by molar-refractivity contribution is 0.205. The van der Waals surface area contributed by atoms with Crippen LogP contribution in [0, 0.1) is 5.82 Å². The zero-order valence-corrected chi connectivity index (χ0v) is 21.4. The van der Waals surface area contributed by atoms with Crippen molar-refractivity contribution >= 4 is 22.6 Å². The fourth-order valence-corrected chi connectivity index (χ4v) is 4.73. The van der Waals surface area contributed by atoms with Crippen LogP contribution < -0.4 is 10.1 Å². The van der Waals surface area contributed by atoms with Crippen molar-refractivity contribution in [3.8, 4) is 17.0 Å². The molecule has 1 aliphatic heterocycles. The van der Waals surface area contributed by atoms with Gasteiger partial charge in [0.15, 0.2) is 5.65 Å². The third-order valence-corrected chi connectivity index (χ3v) is 6.44. The number of benzene rings is 1. The van der Waals surface area contributed by atoms with E-state index in [0.717, 1.165) is 40.9 Å². The van der Waals surface area contributed by atoms with Gasteiger partial charge in [-0.2, -0.15) is 0 Å². The van der Waals surface area contributed by atoms with Gasteiger partial charge in [0.05, 0.1) is 23.5 Å². The first-order valence-corrected chi connectivity index (χ1v) is 12.8. The quantitative estimate of drug-likeness (QED) is 0.329. The largest absolute Gasteiger partial charge is 0.492 e. The SMILES string of the molecule is C=C(Cc1cc2cc(OCCCN3CCCCC3)cnc2nc1-c1ccc(F)c(Cl)c1)NC(C)C. The van der Waals surface area contributed by atoms with Gasteiger partial charge < -0.3 is 15.0 Å². The van der Waals surface area contributed by atoms with Gasteiger partial charge in [-0.05, 0) is 82.1 Å². The highest BCUT2D eigenvalue weighted by atomic mass is 35.5. The van der Waals surface area contributed by atoms with Crippen molar-refractivity contribution in [2.45, 2.75) is 52.0 Å². The van der Waals surface area contributed by atoms with E-state index in [0.29, 0.717) is 24.4 Å². The maximum absolute atomic E-state index is 13.8. The highest BCUT2D eigenvalue weighted by Gasteiger charge is 2.15. The second-order valence-corrected chi connectivity index (χ2v) is 9.93. The van der Waals surface area contributed by atoms with Crippen LogP contribution in [-0.4, -0.2) is 47.2 Å². The third kappa shape index (κ3) is 6.92. The number of nitrogens with zero attached hydrogens (tertiary/aromatic N) is 3. The van der Waals surface area contributed by atoms with Gasteiger partial charge in [-0.15, -0.1) is 0 Å². The first kappa shape index (κ1) is 25.4. The molecule has 3 heterocycles. The van der Waals surface area contributed by atoms with Crippen LogP contribution in [0.4, 0.5) is 4.39 Å². The van der Waals surface area contributed by atoms with Crippen molar-refractivity contribution in [3.63, 3.8) is 0 Å². The van der Waals surface area contributed by atoms with Crippen molar-refractivity contribution in [2.24, 2.45) is 0 Å². The summed E-state index contributed by atoms with van der Waals surface area (Å²) >= 11 is 6.07. The summed E-state index contributed by atoms with van der Waals surface area (Å²) in [6.45, 7) is 12.4. The topological polar surface area (TPSA) is 50.3 Å². The first-order chi connectivity index (χ1) is 16.9. The van der Waals surface area contributed by atoms with Gasteiger partial charge in [-0.3, -0.25) is 0 Å². The van der Waals surface area contributed by atoms with Gasteiger partial charge in [0.25, 0.3) is 0 Å². The molecule has 186 valence electrons. The van der Waals surface area contributed by atoms with E-state index in [1.54, 1.807) is 18.3 Å². The van der Waals surface area contributed by atoms with Gasteiger partial charge in [0.1, 0.15) is 11.6 Å². The van der Waals surface area contributed by atoms with Crippen molar-refractivity contribution in [3.05, 3.63) is 65.2 Å². The molecule has 1 saturated heterocycles. The Morgan fingerprint density at radius 3 is 2.74 bits per heavy atom. The Morgan fingerprint density at radius 1 is 1.20 bits per heavy atom. The first-order valence-electron chi connectivity index (χ1n) is 12.4. The fourth-order valence-electron chi connectivity index (χ4n) is 4.55. The predicted octanol–water partition coefficient (Wildman–Crippen LogP) is 6.40. The minimum absolute atomic E-state index is 0.0655. The maximum Gasteiger partial charge on any atom is 0.160 e. The highest BCUT2D eigenvalue weighted by Crippen LogP contribution is 2.30. The number of hydrogen-bond acceptors (Lipinski definition) is 5. The second kappa shape index (κ2) is 11.8. The predicted molar refractivity (Wildman–Crippen MR) is 141 cm³/mol. The van der Waals surface area contributed by atoms with Crippen LogP contribution in [0.1, 0.15) is 45.1 Å². The van der Waals surface area contributed by atoms with E-state index in [1.165, 1.54) is 38.4 Å². The molecule has 2 aromatic heterocycles. The van der Waals surface area contributed by atoms with E-state index in [-0.39, 0.29) is 11.1 Å². The van der Waals surface area contributed by atoms with Gasteiger partial charge in [0, 0.05) is 35.7 Å². The number of fused-ring (bicyclic) bond motifs is 1. The van der Waals surface area contributed by atoms with E-state index < -0.39 is 5.82 Å². The summed E-state index contributed by atoms with van der Waals surface area (Å²) in [4.78, 5) is 11.9. The second-order valence-electron chi connectivity index (χ2n) is 9.53. The standard InChI is InChI=1S/C28H34ClFN4O/c1-19(2)32-20(3)14-22-15-23-16-24(35-13-7-12-34-10-5-4-6-11-34)18-31-28(23)33-27(22)21-8-9-26(30)25(29)17-21/h8-9,15-19,32H,3-7,10-14H2,1-2H3. The molecule has 3 aromatic rings. The molecule has 0 aliphatic carbocycles. The van der Waals surface area contributed by atoms with Crippen molar-refractivity contribution in [1.29, 1.82) is 0 Å². The van der Waals surface area contributed by atoms with Crippen molar-refractivity contribution < 1.29 is 9.13 Å². The van der Waals surface area contributed by atoms with Gasteiger partial charge in [-0.25, -0.2) is 14.4 Å². The third-order valence-electron chi connectivity index (χ3n) is 6.15. The Balaban J connectivity index is 1.55. The van der Waals surface area contributed by atoms with E-state index >= 15 is 0 Å². The molecule has 1 aromatic carbocycles. The number of piperidine rings is 1. The lowest BCUT2D eigenvalue weighted by atomic mass is 10.0. The Morgan fingerprint density at radius 2 is 2.00 bits per heavy atom. The minimum atomic E-state index is -0.455. The minimum Gasteiger partial charge on any atom is -0.492 e. The molecule has 4 rings (SSSR count). The molecule has 7 heteroatoms. The lowest BCUT2D eigenvalue weighted by Crippen LogP contribution is -2.31. The fraction of sp³-hybridized carbons (Fsp3) is 0.429. The summed E-state index contributed by atoms with van der Waals surface area (Å²) in [5, 5.41) is 4.32. The molecule has 0 bridgehead atoms. The van der Waals surface area contributed by atoms with E-state index in [9.17, 15) is 4.39 Å². The monoisotopic (exact) mass is 496 g/mol. The summed E-state index contributed by atoms with van der Waals surface area (Å²) in [7, 11) is 0. The molecular formula is C28H34ClFN4O. The number of allylic oxidation sites excluding steroid dienone is 1. The smallest absolute Gasteiger partial charge is 0.160 e. The molecule has 0 atom stereocenters. The normalized spacial score (nSPS) is 14.4. The Labute approximate surface area is 212 Å². The zero-order chi connectivity index (χ0) is 24.8. The summed E-state index contributed by atoms with van der Waals surface area (Å²) in [6, 6.07) is 8.98. The molecule has 0 saturated carbocycles. The van der Waals surface area contributed by atoms with Crippen LogP contribution in [0.25, 0.3) is 22.3 Å². The van der Waals surface area contributed by atoms with Crippen molar-refractivity contribution in [1.82, 2.24) is 20.2 Å². The molecule has 0 unspecified atom stereocenters. The molecule has 0 spiro atoms. The summed E-state index contributed by atoms with van der Waals surface area (Å²) < 4.78 is 19.8. The molecule has 1 N–H and O–H groups in total. The maximum atomic E-state index is 13.8. The molecule has 1 aliphatic rings. The van der Waals surface area contributed by atoms with Crippen LogP contribution >= 0.6 is 11.6 Å². The number of ether oxygens (including phenoxy) is 1. The number of hydrogen-bond donors (Lipinski definition) is 1. The van der Waals surface area contributed by atoms with E-state index in [1.807, 2.05) is 6.07 Å². The van der Waals surface area contributed by atoms with E-state index in [2.05, 4.69) is 41.7 Å². The number of rotatable bonds is 10. The van der Waals surface area contributed by atoms with Crippen LogP contribution in [0.5, 0.6) is 5.75 Å². The van der Waals surface area contributed by atoms with Gasteiger partial charge >= 0.3 is 0 Å². The van der Waals surface area contributed by atoms with Crippen LogP contribution in [0.15, 0.2) is 48.8 Å². The Hall–Kier alpha value is -2.70. The molecule has 1 fully saturated rings. The molecule has 35 heavy (non-hydrogen) atoms. The number of halogens is 2. The zero-order valence-electron chi connectivity index (χ0n) is 20.6.